The fourth-order valence-electron chi connectivity index (χ4n) is 6.37. The largest absolute Gasteiger partial charge is 0.456 e. The Morgan fingerprint density at radius 1 is 0.800 bits per heavy atom. The SMILES string of the molecule is N[C@@H](C(=O)N[C@@H]1C(=O)N2C(C(=O)OC(c3ccccc3)c3ccccc3)=C(Sc3ccc4oc5ccccc5c4c3)CS[C@H]12)c1ccccc1. The van der Waals surface area contributed by atoms with E-state index in [1.165, 1.54) is 28.4 Å². The van der Waals surface area contributed by atoms with Gasteiger partial charge < -0.3 is 20.2 Å². The molecule has 1 fully saturated rings. The van der Waals surface area contributed by atoms with Crippen molar-refractivity contribution in [2.24, 2.45) is 5.73 Å². The van der Waals surface area contributed by atoms with E-state index in [1.54, 1.807) is 12.1 Å². The molecule has 3 heterocycles. The van der Waals surface area contributed by atoms with Crippen molar-refractivity contribution in [3.05, 3.63) is 161 Å². The monoisotopic (exact) mass is 697 g/mol. The molecule has 3 atom stereocenters. The molecule has 2 aliphatic heterocycles. The highest BCUT2D eigenvalue weighted by molar-refractivity contribution is 8.06. The Morgan fingerprint density at radius 3 is 2.08 bits per heavy atom. The standard InChI is InChI=1S/C40H31N3O5S2/c41-33(24-12-4-1-5-13-24)37(44)42-34-38(45)43-35(40(46)48-36(25-14-6-2-7-15-25)26-16-8-3-9-17-26)32(23-49-39(34)43)50-27-20-21-31-29(22-27)28-18-10-11-19-30(28)47-31/h1-22,33-34,36,39H,23,41H2,(H,42,44)/t33-,34-,39-/m1/s1. The lowest BCUT2D eigenvalue weighted by Gasteiger charge is -2.49. The van der Waals surface area contributed by atoms with Gasteiger partial charge in [-0.1, -0.05) is 121 Å². The highest BCUT2D eigenvalue weighted by atomic mass is 32.2. The second-order valence-electron chi connectivity index (χ2n) is 12.0. The van der Waals surface area contributed by atoms with Crippen molar-refractivity contribution in [2.75, 3.05) is 5.75 Å². The summed E-state index contributed by atoms with van der Waals surface area (Å²) in [5.41, 5.74) is 10.2. The van der Waals surface area contributed by atoms with E-state index in [9.17, 15) is 14.4 Å². The lowest BCUT2D eigenvalue weighted by Crippen LogP contribution is -2.71. The molecule has 8 nitrogen and oxygen atoms in total. The summed E-state index contributed by atoms with van der Waals surface area (Å²) >= 11 is 2.91. The van der Waals surface area contributed by atoms with Gasteiger partial charge in [0, 0.05) is 26.3 Å². The molecule has 10 heteroatoms. The zero-order chi connectivity index (χ0) is 34.2. The third kappa shape index (κ3) is 5.95. The molecule has 2 aliphatic rings. The van der Waals surface area contributed by atoms with Gasteiger partial charge in [-0.25, -0.2) is 4.79 Å². The highest BCUT2D eigenvalue weighted by Gasteiger charge is 2.55. The van der Waals surface area contributed by atoms with Crippen molar-refractivity contribution in [2.45, 2.75) is 28.5 Å². The molecule has 0 unspecified atom stereocenters. The van der Waals surface area contributed by atoms with Crippen LogP contribution in [0.25, 0.3) is 21.9 Å². The number of carbonyl (C=O) groups is 3. The average molecular weight is 698 g/mol. The second-order valence-corrected chi connectivity index (χ2v) is 14.3. The van der Waals surface area contributed by atoms with Crippen LogP contribution < -0.4 is 11.1 Å². The first-order valence-corrected chi connectivity index (χ1v) is 18.0. The molecule has 8 rings (SSSR count). The summed E-state index contributed by atoms with van der Waals surface area (Å²) in [6.45, 7) is 0. The van der Waals surface area contributed by atoms with Crippen LogP contribution in [0, 0.1) is 0 Å². The smallest absolute Gasteiger partial charge is 0.356 e. The van der Waals surface area contributed by atoms with Crippen LogP contribution in [0.4, 0.5) is 0 Å². The zero-order valence-corrected chi connectivity index (χ0v) is 28.2. The number of rotatable bonds is 9. The molecule has 5 aromatic carbocycles. The summed E-state index contributed by atoms with van der Waals surface area (Å²) in [5, 5.41) is 4.30. The molecule has 50 heavy (non-hydrogen) atoms. The molecule has 2 amide bonds. The molecular formula is C40H31N3O5S2. The van der Waals surface area contributed by atoms with Gasteiger partial charge >= 0.3 is 5.97 Å². The molecule has 1 saturated heterocycles. The minimum absolute atomic E-state index is 0.176. The van der Waals surface area contributed by atoms with Crippen molar-refractivity contribution in [3.63, 3.8) is 0 Å². The maximum absolute atomic E-state index is 14.4. The average Bonchev–Trinajstić information content (AvgIpc) is 3.54. The van der Waals surface area contributed by atoms with Crippen LogP contribution >= 0.6 is 23.5 Å². The van der Waals surface area contributed by atoms with Gasteiger partial charge in [0.05, 0.1) is 0 Å². The van der Waals surface area contributed by atoms with Crippen LogP contribution in [0.15, 0.2) is 153 Å². The number of hydrogen-bond acceptors (Lipinski definition) is 8. The van der Waals surface area contributed by atoms with Gasteiger partial charge in [0.2, 0.25) is 5.91 Å². The lowest BCUT2D eigenvalue weighted by molar-refractivity contribution is -0.154. The third-order valence-electron chi connectivity index (χ3n) is 8.88. The first-order chi connectivity index (χ1) is 24.5. The topological polar surface area (TPSA) is 115 Å². The Kier molecular flexibility index (Phi) is 8.66. The molecule has 1 aromatic heterocycles. The molecule has 0 bridgehead atoms. The molecule has 248 valence electrons. The Labute approximate surface area is 296 Å². The van der Waals surface area contributed by atoms with Gasteiger partial charge in [0.15, 0.2) is 6.10 Å². The van der Waals surface area contributed by atoms with Crippen LogP contribution in [0.2, 0.25) is 0 Å². The third-order valence-corrected chi connectivity index (χ3v) is 11.4. The van der Waals surface area contributed by atoms with Crippen LogP contribution in [-0.2, 0) is 19.1 Å². The summed E-state index contributed by atoms with van der Waals surface area (Å²) in [6.07, 6.45) is -0.707. The number of amides is 2. The maximum Gasteiger partial charge on any atom is 0.356 e. The Bertz CT molecular complexity index is 2220. The van der Waals surface area contributed by atoms with Crippen molar-refractivity contribution < 1.29 is 23.5 Å². The summed E-state index contributed by atoms with van der Waals surface area (Å²) < 4.78 is 12.4. The summed E-state index contributed by atoms with van der Waals surface area (Å²) in [5.74, 6) is -1.05. The summed E-state index contributed by atoms with van der Waals surface area (Å²) in [4.78, 5) is 44.6. The first kappa shape index (κ1) is 31.9. The fraction of sp³-hybridized carbons (Fsp3) is 0.125. The number of benzene rings is 5. The van der Waals surface area contributed by atoms with E-state index < -0.39 is 41.3 Å². The molecular weight excluding hydrogens is 667 g/mol. The van der Waals surface area contributed by atoms with E-state index in [0.717, 1.165) is 38.0 Å². The minimum Gasteiger partial charge on any atom is -0.456 e. The summed E-state index contributed by atoms with van der Waals surface area (Å²) in [6, 6.07) is 40.0. The number of ether oxygens (including phenoxy) is 1. The van der Waals surface area contributed by atoms with Crippen molar-refractivity contribution in [3.8, 4) is 0 Å². The van der Waals surface area contributed by atoms with Gasteiger partial charge in [0.1, 0.15) is 34.3 Å². The van der Waals surface area contributed by atoms with E-state index >= 15 is 0 Å². The van der Waals surface area contributed by atoms with E-state index in [4.69, 9.17) is 14.9 Å². The van der Waals surface area contributed by atoms with E-state index in [2.05, 4.69) is 5.32 Å². The Hall–Kier alpha value is -5.29. The van der Waals surface area contributed by atoms with E-state index in [0.29, 0.717) is 16.2 Å². The van der Waals surface area contributed by atoms with Gasteiger partial charge in [-0.2, -0.15) is 0 Å². The van der Waals surface area contributed by atoms with Crippen LogP contribution in [0.5, 0.6) is 0 Å². The van der Waals surface area contributed by atoms with Gasteiger partial charge in [0.25, 0.3) is 5.91 Å². The predicted molar refractivity (Wildman–Crippen MR) is 196 cm³/mol. The van der Waals surface area contributed by atoms with Crippen LogP contribution in [-0.4, -0.2) is 39.9 Å². The normalized spacial score (nSPS) is 17.8. The minimum atomic E-state index is -0.941. The number of carbonyl (C=O) groups excluding carboxylic acids is 3. The van der Waals surface area contributed by atoms with Crippen LogP contribution in [0.1, 0.15) is 28.8 Å². The summed E-state index contributed by atoms with van der Waals surface area (Å²) in [7, 11) is 0. The predicted octanol–water partition coefficient (Wildman–Crippen LogP) is 7.32. The number of thioether (sulfide) groups is 2. The maximum atomic E-state index is 14.4. The first-order valence-electron chi connectivity index (χ1n) is 16.1. The molecule has 3 N–H and O–H groups in total. The van der Waals surface area contributed by atoms with Gasteiger partial charge in [-0.3, -0.25) is 14.5 Å². The number of nitrogens with one attached hydrogen (secondary N) is 1. The van der Waals surface area contributed by atoms with Gasteiger partial charge in [-0.15, -0.1) is 11.8 Å². The number of hydrogen-bond donors (Lipinski definition) is 2. The van der Waals surface area contributed by atoms with E-state index in [1.807, 2.05) is 121 Å². The Balaban J connectivity index is 1.13. The quantitative estimate of drug-likeness (QED) is 0.119. The lowest BCUT2D eigenvalue weighted by atomic mass is 10.0. The number of furan rings is 1. The number of esters is 1. The Morgan fingerprint density at radius 2 is 1.40 bits per heavy atom. The number of para-hydroxylation sites is 1. The molecule has 0 aliphatic carbocycles. The van der Waals surface area contributed by atoms with Crippen LogP contribution in [0.3, 0.4) is 0 Å². The molecule has 0 radical (unpaired) electrons. The van der Waals surface area contributed by atoms with Crippen molar-refractivity contribution in [1.82, 2.24) is 10.2 Å². The molecule has 0 spiro atoms. The molecule has 6 aromatic rings. The van der Waals surface area contributed by atoms with E-state index in [-0.39, 0.29) is 5.70 Å². The second kappa shape index (κ2) is 13.5. The van der Waals surface area contributed by atoms with Gasteiger partial charge in [-0.05, 0) is 41.0 Å². The zero-order valence-electron chi connectivity index (χ0n) is 26.6. The fourth-order valence-corrected chi connectivity index (χ4v) is 8.88. The number of nitrogens with zero attached hydrogens (tertiary/aromatic N) is 1. The molecule has 0 saturated carbocycles. The number of β-lactam (4-membered cyclic amide) rings is 1. The highest BCUT2D eigenvalue weighted by Crippen LogP contribution is 2.47. The van der Waals surface area contributed by atoms with Crippen molar-refractivity contribution >= 4 is 63.2 Å². The number of fused-ring (bicyclic) bond motifs is 4. The van der Waals surface area contributed by atoms with Crippen molar-refractivity contribution in [1.29, 1.82) is 0 Å². The number of nitrogens with two attached hydrogens (primary N) is 1.